The summed E-state index contributed by atoms with van der Waals surface area (Å²) in [6, 6.07) is 13.0. The molecule has 0 spiro atoms. The van der Waals surface area contributed by atoms with Gasteiger partial charge < -0.3 is 0 Å². The molecule has 0 fully saturated rings. The summed E-state index contributed by atoms with van der Waals surface area (Å²) >= 11 is 12.9. The summed E-state index contributed by atoms with van der Waals surface area (Å²) in [6.45, 7) is 0. The van der Waals surface area contributed by atoms with Gasteiger partial charge in [0.2, 0.25) is 0 Å². The number of hydrogen-bond acceptors (Lipinski definition) is 0. The molecule has 0 N–H and O–H groups in total. The number of halogens is 3. The van der Waals surface area contributed by atoms with Crippen molar-refractivity contribution in [2.45, 2.75) is 31.1 Å². The molecule has 3 rings (SSSR count). The minimum atomic E-state index is -0.294. The number of benzene rings is 2. The normalized spacial score (nSPS) is 21.7. The van der Waals surface area contributed by atoms with E-state index in [1.165, 1.54) is 23.3 Å². The summed E-state index contributed by atoms with van der Waals surface area (Å²) in [5.74, 6) is 0.0377. The van der Waals surface area contributed by atoms with E-state index in [0.29, 0.717) is 10.9 Å². The predicted octanol–water partition coefficient (Wildman–Crippen LogP) is 5.95. The quantitative estimate of drug-likeness (QED) is 0.473. The topological polar surface area (TPSA) is 0 Å². The van der Waals surface area contributed by atoms with Gasteiger partial charge in [-0.3, -0.25) is 0 Å². The summed E-state index contributed by atoms with van der Waals surface area (Å²) in [7, 11) is 0. The standard InChI is InChI=1S/C18H17Cl2F/c19-17-11-15(21)9-8-13(17)10-14-6-3-5-12-4-1-2-7-16(12)18(14)20/h1-2,4,7-9,11,14,18H,3,5-6,10H2. The van der Waals surface area contributed by atoms with Crippen molar-refractivity contribution in [1.29, 1.82) is 0 Å². The number of alkyl halides is 1. The second-order valence-corrected chi connectivity index (χ2v) is 6.57. The molecule has 110 valence electrons. The van der Waals surface area contributed by atoms with Crippen LogP contribution in [0.4, 0.5) is 4.39 Å². The maximum absolute atomic E-state index is 13.2. The van der Waals surface area contributed by atoms with Gasteiger partial charge in [0.05, 0.1) is 5.38 Å². The maximum Gasteiger partial charge on any atom is 0.124 e. The molecule has 1 aliphatic carbocycles. The molecule has 2 atom stereocenters. The molecule has 21 heavy (non-hydrogen) atoms. The van der Waals surface area contributed by atoms with Crippen LogP contribution in [0.3, 0.4) is 0 Å². The molecular formula is C18H17Cl2F. The highest BCUT2D eigenvalue weighted by Crippen LogP contribution is 2.40. The predicted molar refractivity (Wildman–Crippen MR) is 86.6 cm³/mol. The van der Waals surface area contributed by atoms with E-state index in [1.54, 1.807) is 6.07 Å². The van der Waals surface area contributed by atoms with Crippen molar-refractivity contribution < 1.29 is 4.39 Å². The van der Waals surface area contributed by atoms with E-state index < -0.39 is 0 Å². The second-order valence-electron chi connectivity index (χ2n) is 5.69. The van der Waals surface area contributed by atoms with Gasteiger partial charge in [0.15, 0.2) is 0 Å². The van der Waals surface area contributed by atoms with Crippen molar-refractivity contribution >= 4 is 23.2 Å². The summed E-state index contributed by atoms with van der Waals surface area (Å²) in [5.41, 5.74) is 3.57. The third-order valence-electron chi connectivity index (χ3n) is 4.28. The molecule has 2 unspecified atom stereocenters. The van der Waals surface area contributed by atoms with E-state index in [2.05, 4.69) is 18.2 Å². The average molecular weight is 323 g/mol. The molecule has 3 heteroatoms. The number of fused-ring (bicyclic) bond motifs is 1. The van der Waals surface area contributed by atoms with Gasteiger partial charge in [-0.15, -0.1) is 11.6 Å². The maximum atomic E-state index is 13.2. The van der Waals surface area contributed by atoms with Crippen LogP contribution in [-0.4, -0.2) is 0 Å². The molecule has 2 aromatic carbocycles. The van der Waals surface area contributed by atoms with Crippen LogP contribution in [0.25, 0.3) is 0 Å². The zero-order valence-corrected chi connectivity index (χ0v) is 13.2. The Labute approximate surface area is 134 Å². The lowest BCUT2D eigenvalue weighted by Crippen LogP contribution is -2.11. The van der Waals surface area contributed by atoms with Gasteiger partial charge >= 0.3 is 0 Å². The Morgan fingerprint density at radius 3 is 2.76 bits per heavy atom. The summed E-state index contributed by atoms with van der Waals surface area (Å²) in [5, 5.41) is 0.487. The molecule has 2 aromatic rings. The molecule has 0 aromatic heterocycles. The van der Waals surface area contributed by atoms with Crippen LogP contribution in [0.5, 0.6) is 0 Å². The molecule has 1 aliphatic rings. The van der Waals surface area contributed by atoms with E-state index in [4.69, 9.17) is 23.2 Å². The van der Waals surface area contributed by atoms with Gasteiger partial charge in [0.25, 0.3) is 0 Å². The van der Waals surface area contributed by atoms with Crippen molar-refractivity contribution in [3.63, 3.8) is 0 Å². The van der Waals surface area contributed by atoms with E-state index in [-0.39, 0.29) is 11.2 Å². The van der Waals surface area contributed by atoms with E-state index in [1.807, 2.05) is 6.07 Å². The van der Waals surface area contributed by atoms with Gasteiger partial charge in [0, 0.05) is 5.02 Å². The Balaban J connectivity index is 1.86. The van der Waals surface area contributed by atoms with Gasteiger partial charge in [-0.25, -0.2) is 4.39 Å². The largest absolute Gasteiger partial charge is 0.207 e. The lowest BCUT2D eigenvalue weighted by atomic mass is 9.90. The fourth-order valence-electron chi connectivity index (χ4n) is 3.16. The first kappa shape index (κ1) is 14.9. The summed E-state index contributed by atoms with van der Waals surface area (Å²) in [6.07, 6.45) is 4.06. The monoisotopic (exact) mass is 322 g/mol. The molecule has 0 saturated heterocycles. The molecule has 0 aliphatic heterocycles. The van der Waals surface area contributed by atoms with Crippen molar-refractivity contribution in [2.24, 2.45) is 5.92 Å². The van der Waals surface area contributed by atoms with Crippen LogP contribution < -0.4 is 0 Å². The molecule has 0 bridgehead atoms. The van der Waals surface area contributed by atoms with Gasteiger partial charge in [0.1, 0.15) is 5.82 Å². The van der Waals surface area contributed by atoms with E-state index in [0.717, 1.165) is 31.2 Å². The van der Waals surface area contributed by atoms with Gasteiger partial charge in [-0.1, -0.05) is 41.9 Å². The first-order valence-corrected chi connectivity index (χ1v) is 8.12. The van der Waals surface area contributed by atoms with Crippen LogP contribution in [0.1, 0.15) is 34.9 Å². The Morgan fingerprint density at radius 2 is 1.95 bits per heavy atom. The molecular weight excluding hydrogens is 306 g/mol. The van der Waals surface area contributed by atoms with E-state index in [9.17, 15) is 4.39 Å². The SMILES string of the molecule is Fc1ccc(CC2CCCc3ccccc3C2Cl)c(Cl)c1. The lowest BCUT2D eigenvalue weighted by molar-refractivity contribution is 0.465. The second kappa shape index (κ2) is 6.37. The first-order valence-electron chi connectivity index (χ1n) is 7.31. The Hall–Kier alpha value is -1.05. The zero-order valence-electron chi connectivity index (χ0n) is 11.7. The minimum absolute atomic E-state index is 0.00943. The van der Waals surface area contributed by atoms with Crippen molar-refractivity contribution in [2.75, 3.05) is 0 Å². The zero-order chi connectivity index (χ0) is 14.8. The first-order chi connectivity index (χ1) is 10.1. The van der Waals surface area contributed by atoms with E-state index >= 15 is 0 Å². The Kier molecular flexibility index (Phi) is 4.51. The number of rotatable bonds is 2. The Bertz CT molecular complexity index is 639. The van der Waals surface area contributed by atoms with Crippen LogP contribution in [0, 0.1) is 11.7 Å². The molecule has 0 saturated carbocycles. The van der Waals surface area contributed by atoms with Crippen molar-refractivity contribution in [3.8, 4) is 0 Å². The highest BCUT2D eigenvalue weighted by atomic mass is 35.5. The fourth-order valence-corrected chi connectivity index (χ4v) is 3.83. The van der Waals surface area contributed by atoms with Gasteiger partial charge in [-0.05, 0) is 60.4 Å². The smallest absolute Gasteiger partial charge is 0.124 e. The number of aryl methyl sites for hydroxylation is 1. The van der Waals surface area contributed by atoms with Gasteiger partial charge in [-0.2, -0.15) is 0 Å². The summed E-state index contributed by atoms with van der Waals surface area (Å²) < 4.78 is 13.2. The molecule has 0 nitrogen and oxygen atoms in total. The van der Waals surface area contributed by atoms with Crippen LogP contribution >= 0.6 is 23.2 Å². The van der Waals surface area contributed by atoms with Crippen LogP contribution in [0.2, 0.25) is 5.02 Å². The third kappa shape index (κ3) is 3.25. The average Bonchev–Trinajstić information content (AvgIpc) is 2.63. The molecule has 0 heterocycles. The minimum Gasteiger partial charge on any atom is -0.207 e. The highest BCUT2D eigenvalue weighted by molar-refractivity contribution is 6.31. The molecule has 0 radical (unpaired) electrons. The Morgan fingerprint density at radius 1 is 1.14 bits per heavy atom. The van der Waals surface area contributed by atoms with Crippen molar-refractivity contribution in [1.82, 2.24) is 0 Å². The summed E-state index contributed by atoms with van der Waals surface area (Å²) in [4.78, 5) is 0. The highest BCUT2D eigenvalue weighted by Gasteiger charge is 2.26. The van der Waals surface area contributed by atoms with Crippen LogP contribution in [-0.2, 0) is 12.8 Å². The van der Waals surface area contributed by atoms with Crippen LogP contribution in [0.15, 0.2) is 42.5 Å². The molecule has 0 amide bonds. The lowest BCUT2D eigenvalue weighted by Gasteiger charge is -2.21. The number of hydrogen-bond donors (Lipinski definition) is 0. The van der Waals surface area contributed by atoms with Crippen molar-refractivity contribution in [3.05, 3.63) is 70.0 Å². The third-order valence-corrected chi connectivity index (χ3v) is 5.23. The fraction of sp³-hybridized carbons (Fsp3) is 0.333.